The summed E-state index contributed by atoms with van der Waals surface area (Å²) in [7, 11) is 0. The molecule has 1 amide bonds. The summed E-state index contributed by atoms with van der Waals surface area (Å²) in [5.74, 6) is 0.131. The number of nitrogens with one attached hydrogen (secondary N) is 1. The summed E-state index contributed by atoms with van der Waals surface area (Å²) >= 11 is 0. The number of anilines is 1. The van der Waals surface area contributed by atoms with E-state index in [1.807, 2.05) is 81.0 Å². The zero-order valence-electron chi connectivity index (χ0n) is 25.6. The van der Waals surface area contributed by atoms with Crippen molar-refractivity contribution in [3.8, 4) is 11.3 Å². The highest BCUT2D eigenvalue weighted by Crippen LogP contribution is 2.43. The van der Waals surface area contributed by atoms with Crippen LogP contribution in [0.2, 0.25) is 0 Å². The minimum absolute atomic E-state index is 0.174. The third kappa shape index (κ3) is 5.45. The summed E-state index contributed by atoms with van der Waals surface area (Å²) < 4.78 is 2.13. The van der Waals surface area contributed by atoms with Crippen molar-refractivity contribution < 1.29 is 9.90 Å². The first-order chi connectivity index (χ1) is 21.8. The highest BCUT2D eigenvalue weighted by Gasteiger charge is 2.42. The monoisotopic (exact) mass is 592 g/mol. The van der Waals surface area contributed by atoms with Crippen LogP contribution in [0.1, 0.15) is 48.7 Å². The molecule has 0 aliphatic heterocycles. The van der Waals surface area contributed by atoms with E-state index in [4.69, 9.17) is 4.98 Å². The van der Waals surface area contributed by atoms with Crippen LogP contribution in [0.15, 0.2) is 146 Å². The van der Waals surface area contributed by atoms with Gasteiger partial charge in [0.1, 0.15) is 17.0 Å². The number of pyridine rings is 1. The maximum atomic E-state index is 12.5. The fraction of sp³-hybridized carbons (Fsp3) is 0.154. The average Bonchev–Trinajstić information content (AvgIpc) is 3.57. The maximum Gasteiger partial charge on any atom is 0.222 e. The second kappa shape index (κ2) is 12.3. The van der Waals surface area contributed by atoms with Crippen LogP contribution in [-0.4, -0.2) is 25.5 Å². The molecule has 0 radical (unpaired) electrons. The molecule has 1 unspecified atom stereocenters. The Bertz CT molecular complexity index is 1790. The van der Waals surface area contributed by atoms with E-state index < -0.39 is 11.1 Å². The zero-order chi connectivity index (χ0) is 31.4. The zero-order valence-corrected chi connectivity index (χ0v) is 25.6. The van der Waals surface area contributed by atoms with Gasteiger partial charge in [-0.2, -0.15) is 0 Å². The lowest BCUT2D eigenvalue weighted by Crippen LogP contribution is -2.37. The molecule has 1 atom stereocenters. The summed E-state index contributed by atoms with van der Waals surface area (Å²) in [5.41, 5.74) is 4.03. The quantitative estimate of drug-likeness (QED) is 0.169. The van der Waals surface area contributed by atoms with Gasteiger partial charge in [0.2, 0.25) is 5.91 Å². The maximum absolute atomic E-state index is 12.5. The van der Waals surface area contributed by atoms with Crippen LogP contribution < -0.4 is 5.32 Å². The number of carbonyl (C=O) groups is 1. The van der Waals surface area contributed by atoms with Crippen molar-refractivity contribution in [2.24, 2.45) is 5.92 Å². The van der Waals surface area contributed by atoms with Crippen LogP contribution in [0.3, 0.4) is 0 Å². The Kier molecular flexibility index (Phi) is 8.16. The largest absolute Gasteiger partial charge is 0.378 e. The molecule has 6 rings (SSSR count). The van der Waals surface area contributed by atoms with Crippen LogP contribution in [0, 0.1) is 5.92 Å². The van der Waals surface area contributed by atoms with Gasteiger partial charge in [-0.05, 0) is 40.3 Å². The predicted octanol–water partition coefficient (Wildman–Crippen LogP) is 7.64. The first-order valence-electron chi connectivity index (χ1n) is 15.1. The van der Waals surface area contributed by atoms with Crippen molar-refractivity contribution in [3.05, 3.63) is 174 Å². The lowest BCUT2D eigenvalue weighted by Gasteiger charge is -2.37. The van der Waals surface area contributed by atoms with Gasteiger partial charge in [0, 0.05) is 18.7 Å². The van der Waals surface area contributed by atoms with E-state index in [9.17, 15) is 9.90 Å². The van der Waals surface area contributed by atoms with E-state index in [1.54, 1.807) is 6.07 Å². The molecule has 0 saturated carbocycles. The van der Waals surface area contributed by atoms with Gasteiger partial charge >= 0.3 is 0 Å². The number of nitrogens with zero attached hydrogens (tertiary/aromatic N) is 3. The number of aromatic nitrogens is 3. The molecule has 224 valence electrons. The van der Waals surface area contributed by atoms with Gasteiger partial charge in [-0.25, -0.2) is 9.97 Å². The number of rotatable bonds is 9. The molecule has 0 saturated heterocycles. The molecule has 2 aromatic heterocycles. The van der Waals surface area contributed by atoms with Crippen molar-refractivity contribution in [1.29, 1.82) is 0 Å². The lowest BCUT2D eigenvalue weighted by molar-refractivity contribution is -0.114. The third-order valence-corrected chi connectivity index (χ3v) is 8.44. The van der Waals surface area contributed by atoms with Gasteiger partial charge in [0.25, 0.3) is 0 Å². The van der Waals surface area contributed by atoms with Gasteiger partial charge in [0.05, 0.1) is 17.7 Å². The summed E-state index contributed by atoms with van der Waals surface area (Å²) in [5, 5.41) is 15.2. The van der Waals surface area contributed by atoms with E-state index in [1.165, 1.54) is 6.92 Å². The molecule has 0 aliphatic carbocycles. The number of hydrogen-bond donors (Lipinski definition) is 2. The molecular weight excluding hydrogens is 556 g/mol. The fourth-order valence-corrected chi connectivity index (χ4v) is 6.21. The minimum Gasteiger partial charge on any atom is -0.378 e. The third-order valence-electron chi connectivity index (χ3n) is 8.44. The Morgan fingerprint density at radius 1 is 0.711 bits per heavy atom. The van der Waals surface area contributed by atoms with Gasteiger partial charge < -0.3 is 15.0 Å². The van der Waals surface area contributed by atoms with Crippen molar-refractivity contribution >= 4 is 11.7 Å². The molecule has 2 N–H and O–H groups in total. The fourth-order valence-electron chi connectivity index (χ4n) is 6.21. The first kappa shape index (κ1) is 29.7. The molecule has 6 heteroatoms. The number of carbonyl (C=O) groups excluding carboxylic acids is 1. The predicted molar refractivity (Wildman–Crippen MR) is 179 cm³/mol. The van der Waals surface area contributed by atoms with Crippen molar-refractivity contribution in [1.82, 2.24) is 14.5 Å². The van der Waals surface area contributed by atoms with Crippen molar-refractivity contribution in [2.75, 3.05) is 5.32 Å². The Balaban J connectivity index is 1.47. The second-order valence-corrected chi connectivity index (χ2v) is 11.6. The molecular formula is C39H36N4O2. The number of benzene rings is 4. The summed E-state index contributed by atoms with van der Waals surface area (Å²) in [6, 6.07) is 44.5. The van der Waals surface area contributed by atoms with Crippen LogP contribution in [0.4, 0.5) is 5.82 Å². The molecule has 6 nitrogen and oxygen atoms in total. The topological polar surface area (TPSA) is 80.0 Å². The Morgan fingerprint density at radius 2 is 1.24 bits per heavy atom. The molecule has 0 bridgehead atoms. The minimum atomic E-state index is -1.37. The highest BCUT2D eigenvalue weighted by atomic mass is 16.3. The molecule has 2 heterocycles. The molecule has 0 spiro atoms. The number of amides is 1. The number of hydrogen-bond acceptors (Lipinski definition) is 4. The van der Waals surface area contributed by atoms with Crippen molar-refractivity contribution in [2.45, 2.75) is 31.9 Å². The SMILES string of the molecule is CC(=O)Nc1cccc(-c2ccc(C(O)(c3cn(C(c4ccccc4)(c4ccccc4)c4ccccc4)cn3)C(C)C)cc2)n1. The van der Waals surface area contributed by atoms with Crippen molar-refractivity contribution in [3.63, 3.8) is 0 Å². The van der Waals surface area contributed by atoms with Gasteiger partial charge in [-0.1, -0.05) is 135 Å². The first-order valence-corrected chi connectivity index (χ1v) is 15.1. The summed E-state index contributed by atoms with van der Waals surface area (Å²) in [4.78, 5) is 21.0. The van der Waals surface area contributed by atoms with E-state index >= 15 is 0 Å². The molecule has 4 aromatic carbocycles. The summed E-state index contributed by atoms with van der Waals surface area (Å²) in [6.45, 7) is 5.47. The van der Waals surface area contributed by atoms with E-state index in [0.29, 0.717) is 11.5 Å². The molecule has 0 aliphatic rings. The van der Waals surface area contributed by atoms with E-state index in [2.05, 4.69) is 87.7 Å². The van der Waals surface area contributed by atoms with Crippen LogP contribution >= 0.6 is 0 Å². The smallest absolute Gasteiger partial charge is 0.222 e. The average molecular weight is 593 g/mol. The van der Waals surface area contributed by atoms with Crippen LogP contribution in [-0.2, 0) is 15.9 Å². The lowest BCUT2D eigenvalue weighted by atomic mass is 9.76. The van der Waals surface area contributed by atoms with Gasteiger partial charge in [0.15, 0.2) is 0 Å². The Morgan fingerprint density at radius 3 is 1.73 bits per heavy atom. The summed E-state index contributed by atoms with van der Waals surface area (Å²) in [6.07, 6.45) is 3.82. The molecule has 45 heavy (non-hydrogen) atoms. The molecule has 6 aromatic rings. The van der Waals surface area contributed by atoms with Crippen LogP contribution in [0.25, 0.3) is 11.3 Å². The van der Waals surface area contributed by atoms with Gasteiger partial charge in [-0.15, -0.1) is 0 Å². The van der Waals surface area contributed by atoms with Crippen LogP contribution in [0.5, 0.6) is 0 Å². The molecule has 0 fully saturated rings. The Hall–Kier alpha value is -5.33. The number of imidazole rings is 1. The second-order valence-electron chi connectivity index (χ2n) is 11.6. The van der Waals surface area contributed by atoms with Gasteiger partial charge in [-0.3, -0.25) is 4.79 Å². The highest BCUT2D eigenvalue weighted by molar-refractivity contribution is 5.87. The normalized spacial score (nSPS) is 12.9. The number of aliphatic hydroxyl groups is 1. The Labute approximate surface area is 264 Å². The van der Waals surface area contributed by atoms with E-state index in [-0.39, 0.29) is 11.8 Å². The standard InChI is InChI=1S/C39H36N4O2/c1-28(2)39(45,34-24-22-30(23-25-34)35-20-13-21-37(42-35)41-29(3)44)36-26-43(27-40-36)38(31-14-7-4-8-15-31,32-16-9-5-10-17-32)33-18-11-6-12-19-33/h4-28,45H,1-3H3,(H,41,42,44). The van der Waals surface area contributed by atoms with E-state index in [0.717, 1.165) is 33.5 Å².